The van der Waals surface area contributed by atoms with Crippen LogP contribution in [0.2, 0.25) is 0 Å². The molecule has 114 valence electrons. The summed E-state index contributed by atoms with van der Waals surface area (Å²) in [6.45, 7) is 6.75. The van der Waals surface area contributed by atoms with Gasteiger partial charge < -0.3 is 14.8 Å². The van der Waals surface area contributed by atoms with Crippen LogP contribution in [0.5, 0.6) is 0 Å². The van der Waals surface area contributed by atoms with Gasteiger partial charge in [-0.1, -0.05) is 26.0 Å². The van der Waals surface area contributed by atoms with Crippen molar-refractivity contribution in [2.75, 3.05) is 6.54 Å². The molecule has 2 aromatic rings. The molecule has 0 bridgehead atoms. The van der Waals surface area contributed by atoms with Gasteiger partial charge in [0.1, 0.15) is 17.3 Å². The monoisotopic (exact) mass is 291 g/mol. The first kappa shape index (κ1) is 15.7. The van der Waals surface area contributed by atoms with Crippen LogP contribution >= 0.6 is 0 Å². The molecule has 1 unspecified atom stereocenters. The molecular weight excluding hydrogens is 269 g/mol. The number of hydrogen-bond donors (Lipinski definition) is 2. The highest BCUT2D eigenvalue weighted by atomic mass is 19.1. The number of furan rings is 1. The molecule has 2 rings (SSSR count). The van der Waals surface area contributed by atoms with Crippen molar-refractivity contribution in [3.05, 3.63) is 47.5 Å². The summed E-state index contributed by atoms with van der Waals surface area (Å²) in [4.78, 5) is 0. The van der Waals surface area contributed by atoms with Crippen LogP contribution in [0.25, 0.3) is 11.3 Å². The molecule has 0 fully saturated rings. The van der Waals surface area contributed by atoms with E-state index in [1.807, 2.05) is 32.0 Å². The van der Waals surface area contributed by atoms with Crippen LogP contribution in [0, 0.1) is 18.7 Å². The molecule has 2 N–H and O–H groups in total. The van der Waals surface area contributed by atoms with Crippen molar-refractivity contribution in [3.8, 4) is 11.3 Å². The van der Waals surface area contributed by atoms with Crippen LogP contribution < -0.4 is 5.32 Å². The summed E-state index contributed by atoms with van der Waals surface area (Å²) in [5, 5.41) is 12.9. The van der Waals surface area contributed by atoms with Gasteiger partial charge in [0.2, 0.25) is 0 Å². The van der Waals surface area contributed by atoms with Crippen LogP contribution in [0.1, 0.15) is 25.2 Å². The lowest BCUT2D eigenvalue weighted by molar-refractivity contribution is 0.123. The van der Waals surface area contributed by atoms with Gasteiger partial charge in [-0.25, -0.2) is 4.39 Å². The zero-order valence-corrected chi connectivity index (χ0v) is 12.7. The number of benzene rings is 1. The Hall–Kier alpha value is -1.65. The van der Waals surface area contributed by atoms with E-state index in [0.717, 1.165) is 11.3 Å². The topological polar surface area (TPSA) is 45.4 Å². The predicted molar refractivity (Wildman–Crippen MR) is 81.4 cm³/mol. The van der Waals surface area contributed by atoms with Crippen molar-refractivity contribution in [2.24, 2.45) is 5.92 Å². The van der Waals surface area contributed by atoms with Gasteiger partial charge >= 0.3 is 0 Å². The number of aliphatic hydroxyl groups is 1. The van der Waals surface area contributed by atoms with Gasteiger partial charge in [0, 0.05) is 12.1 Å². The van der Waals surface area contributed by atoms with Gasteiger partial charge in [-0.15, -0.1) is 0 Å². The molecule has 0 aliphatic rings. The van der Waals surface area contributed by atoms with Crippen LogP contribution in [-0.2, 0) is 6.54 Å². The predicted octanol–water partition coefficient (Wildman–Crippen LogP) is 3.50. The summed E-state index contributed by atoms with van der Waals surface area (Å²) in [5.74, 6) is 1.42. The first-order valence-corrected chi connectivity index (χ1v) is 7.22. The van der Waals surface area contributed by atoms with E-state index >= 15 is 0 Å². The van der Waals surface area contributed by atoms with Crippen LogP contribution in [0.15, 0.2) is 34.7 Å². The zero-order chi connectivity index (χ0) is 15.4. The number of nitrogens with one attached hydrogen (secondary N) is 1. The van der Waals surface area contributed by atoms with E-state index in [2.05, 4.69) is 5.32 Å². The molecule has 0 saturated heterocycles. The number of rotatable bonds is 6. The SMILES string of the molecule is Cc1c(F)cccc1-c1ccc(CNCC(O)C(C)C)o1. The number of halogens is 1. The Bertz CT molecular complexity index is 592. The molecule has 1 aromatic heterocycles. The van der Waals surface area contributed by atoms with E-state index in [0.29, 0.717) is 24.4 Å². The molecule has 0 saturated carbocycles. The summed E-state index contributed by atoms with van der Waals surface area (Å²) in [5.41, 5.74) is 1.35. The number of hydrogen-bond acceptors (Lipinski definition) is 3. The minimum Gasteiger partial charge on any atom is -0.460 e. The molecule has 3 nitrogen and oxygen atoms in total. The van der Waals surface area contributed by atoms with Crippen molar-refractivity contribution in [1.82, 2.24) is 5.32 Å². The minimum atomic E-state index is -0.370. The largest absolute Gasteiger partial charge is 0.460 e. The fourth-order valence-corrected chi connectivity index (χ4v) is 2.07. The lowest BCUT2D eigenvalue weighted by Gasteiger charge is -2.14. The molecule has 21 heavy (non-hydrogen) atoms. The molecule has 0 aliphatic carbocycles. The third kappa shape index (κ3) is 3.93. The highest BCUT2D eigenvalue weighted by molar-refractivity contribution is 5.62. The Morgan fingerprint density at radius 2 is 2.00 bits per heavy atom. The standard InChI is InChI=1S/C17H22FNO2/c1-11(2)16(20)10-19-9-13-7-8-17(21-13)14-5-4-6-15(18)12(14)3/h4-8,11,16,19-20H,9-10H2,1-3H3. The van der Waals surface area contributed by atoms with Gasteiger partial charge in [-0.2, -0.15) is 0 Å². The molecule has 0 amide bonds. The molecule has 0 radical (unpaired) electrons. The fraction of sp³-hybridized carbons (Fsp3) is 0.412. The lowest BCUT2D eigenvalue weighted by Crippen LogP contribution is -2.30. The molecule has 1 heterocycles. The van der Waals surface area contributed by atoms with Gasteiger partial charge in [-0.3, -0.25) is 0 Å². The van der Waals surface area contributed by atoms with E-state index in [-0.39, 0.29) is 17.8 Å². The van der Waals surface area contributed by atoms with Gasteiger partial charge in [0.05, 0.1) is 12.6 Å². The quantitative estimate of drug-likeness (QED) is 0.856. The van der Waals surface area contributed by atoms with Crippen molar-refractivity contribution in [2.45, 2.75) is 33.4 Å². The lowest BCUT2D eigenvalue weighted by atomic mass is 10.1. The maximum Gasteiger partial charge on any atom is 0.134 e. The maximum atomic E-state index is 13.6. The van der Waals surface area contributed by atoms with Gasteiger partial charge in [0.25, 0.3) is 0 Å². The zero-order valence-electron chi connectivity index (χ0n) is 12.7. The summed E-state index contributed by atoms with van der Waals surface area (Å²) in [6.07, 6.45) is -0.370. The highest BCUT2D eigenvalue weighted by Crippen LogP contribution is 2.26. The van der Waals surface area contributed by atoms with Crippen LogP contribution in [0.4, 0.5) is 4.39 Å². The summed E-state index contributed by atoms with van der Waals surface area (Å²) >= 11 is 0. The molecule has 0 aliphatic heterocycles. The molecule has 1 aromatic carbocycles. The second-order valence-electron chi connectivity index (χ2n) is 5.62. The minimum absolute atomic E-state index is 0.222. The van der Waals surface area contributed by atoms with Gasteiger partial charge in [0.15, 0.2) is 0 Å². The highest BCUT2D eigenvalue weighted by Gasteiger charge is 2.11. The Morgan fingerprint density at radius 1 is 1.24 bits per heavy atom. The van der Waals surface area contributed by atoms with Crippen LogP contribution in [0.3, 0.4) is 0 Å². The van der Waals surface area contributed by atoms with E-state index in [1.165, 1.54) is 6.07 Å². The molecule has 4 heteroatoms. The van der Waals surface area contributed by atoms with Crippen LogP contribution in [-0.4, -0.2) is 17.8 Å². The first-order chi connectivity index (χ1) is 9.99. The van der Waals surface area contributed by atoms with Gasteiger partial charge in [-0.05, 0) is 36.6 Å². The summed E-state index contributed by atoms with van der Waals surface area (Å²) in [7, 11) is 0. The smallest absolute Gasteiger partial charge is 0.134 e. The summed E-state index contributed by atoms with van der Waals surface area (Å²) in [6, 6.07) is 8.68. The Morgan fingerprint density at radius 3 is 2.71 bits per heavy atom. The van der Waals surface area contributed by atoms with E-state index in [1.54, 1.807) is 13.0 Å². The molecule has 0 spiro atoms. The van der Waals surface area contributed by atoms with E-state index < -0.39 is 0 Å². The summed E-state index contributed by atoms with van der Waals surface area (Å²) < 4.78 is 19.3. The van der Waals surface area contributed by atoms with E-state index in [9.17, 15) is 9.50 Å². The Kier molecular flexibility index (Phi) is 5.15. The van der Waals surface area contributed by atoms with Crippen molar-refractivity contribution < 1.29 is 13.9 Å². The second-order valence-corrected chi connectivity index (χ2v) is 5.62. The first-order valence-electron chi connectivity index (χ1n) is 7.22. The Balaban J connectivity index is 2.00. The van der Waals surface area contributed by atoms with Crippen molar-refractivity contribution >= 4 is 0 Å². The fourth-order valence-electron chi connectivity index (χ4n) is 2.07. The van der Waals surface area contributed by atoms with Crippen molar-refractivity contribution in [3.63, 3.8) is 0 Å². The normalized spacial score (nSPS) is 12.9. The molecular formula is C17H22FNO2. The average molecular weight is 291 g/mol. The Labute approximate surface area is 124 Å². The van der Waals surface area contributed by atoms with E-state index in [4.69, 9.17) is 4.42 Å². The number of aliphatic hydroxyl groups excluding tert-OH is 1. The average Bonchev–Trinajstić information content (AvgIpc) is 2.90. The van der Waals surface area contributed by atoms with Crippen molar-refractivity contribution in [1.29, 1.82) is 0 Å². The maximum absolute atomic E-state index is 13.6. The third-order valence-corrected chi connectivity index (χ3v) is 3.62. The second kappa shape index (κ2) is 6.87. The molecule has 1 atom stereocenters. The third-order valence-electron chi connectivity index (χ3n) is 3.62.